The monoisotopic (exact) mass is 304 g/mol. The molecule has 118 valence electrons. The van der Waals surface area contributed by atoms with Gasteiger partial charge >= 0.3 is 0 Å². The zero-order valence-electron chi connectivity index (χ0n) is 12.5. The van der Waals surface area contributed by atoms with Crippen LogP contribution in [0.4, 0.5) is 4.39 Å². The molecule has 1 aliphatic carbocycles. The molecule has 0 unspecified atom stereocenters. The number of hydrogen-bond acceptors (Lipinski definition) is 5. The van der Waals surface area contributed by atoms with Crippen molar-refractivity contribution >= 4 is 0 Å². The molecule has 1 fully saturated rings. The molecule has 5 nitrogen and oxygen atoms in total. The van der Waals surface area contributed by atoms with Crippen LogP contribution in [0.15, 0.2) is 28.8 Å². The van der Waals surface area contributed by atoms with Gasteiger partial charge in [0.15, 0.2) is 5.82 Å². The maximum absolute atomic E-state index is 13.4. The Labute approximate surface area is 129 Å². The summed E-state index contributed by atoms with van der Waals surface area (Å²) in [7, 11) is 0. The normalized spacial score (nSPS) is 15.8. The molecule has 0 radical (unpaired) electrons. The zero-order chi connectivity index (χ0) is 15.4. The minimum absolute atomic E-state index is 0.200. The van der Waals surface area contributed by atoms with Gasteiger partial charge in [-0.25, -0.2) is 4.39 Å². The van der Waals surface area contributed by atoms with E-state index in [1.807, 2.05) is 6.07 Å². The van der Waals surface area contributed by atoms with Gasteiger partial charge in [-0.1, -0.05) is 30.1 Å². The summed E-state index contributed by atoms with van der Waals surface area (Å²) in [6.07, 6.45) is 4.81. The van der Waals surface area contributed by atoms with Crippen LogP contribution in [0.25, 0.3) is 0 Å². The summed E-state index contributed by atoms with van der Waals surface area (Å²) in [6.45, 7) is 1.54. The van der Waals surface area contributed by atoms with Crippen LogP contribution in [-0.2, 0) is 19.6 Å². The van der Waals surface area contributed by atoms with Gasteiger partial charge in [-0.3, -0.25) is 4.90 Å². The molecule has 0 amide bonds. The molecule has 0 spiro atoms. The van der Waals surface area contributed by atoms with Crippen LogP contribution in [0.5, 0.6) is 0 Å². The number of rotatable bonds is 6. The topological polar surface area (TPSA) is 68.2 Å². The van der Waals surface area contributed by atoms with E-state index >= 15 is 0 Å². The van der Waals surface area contributed by atoms with Crippen LogP contribution in [0.1, 0.15) is 43.0 Å². The quantitative estimate of drug-likeness (QED) is 0.888. The lowest BCUT2D eigenvalue weighted by atomic mass is 10.1. The second kappa shape index (κ2) is 6.98. The van der Waals surface area contributed by atoms with E-state index in [0.717, 1.165) is 18.4 Å². The summed E-state index contributed by atoms with van der Waals surface area (Å²) < 4.78 is 18.5. The molecule has 6 heteroatoms. The van der Waals surface area contributed by atoms with Crippen LogP contribution in [0.2, 0.25) is 0 Å². The minimum atomic E-state index is -0.200. The first-order valence-corrected chi connectivity index (χ1v) is 7.74. The molecule has 3 rings (SSSR count). The maximum Gasteiger partial charge on any atom is 0.240 e. The van der Waals surface area contributed by atoms with E-state index in [1.165, 1.54) is 18.9 Å². The van der Waals surface area contributed by atoms with E-state index in [0.29, 0.717) is 30.8 Å². The fourth-order valence-electron chi connectivity index (χ4n) is 3.07. The molecule has 2 N–H and O–H groups in total. The van der Waals surface area contributed by atoms with Gasteiger partial charge in [0.05, 0.1) is 13.1 Å². The van der Waals surface area contributed by atoms with E-state index in [4.69, 9.17) is 10.3 Å². The van der Waals surface area contributed by atoms with Gasteiger partial charge < -0.3 is 10.3 Å². The fraction of sp³-hybridized carbons (Fsp3) is 0.500. The molecule has 1 aromatic carbocycles. The average Bonchev–Trinajstić information content (AvgIpc) is 3.18. The van der Waals surface area contributed by atoms with Crippen molar-refractivity contribution in [1.82, 2.24) is 15.0 Å². The molecule has 1 saturated carbocycles. The van der Waals surface area contributed by atoms with E-state index in [1.54, 1.807) is 12.1 Å². The van der Waals surface area contributed by atoms with Crippen molar-refractivity contribution in [1.29, 1.82) is 0 Å². The van der Waals surface area contributed by atoms with E-state index in [2.05, 4.69) is 15.0 Å². The predicted octanol–water partition coefficient (Wildman–Crippen LogP) is 2.61. The summed E-state index contributed by atoms with van der Waals surface area (Å²) >= 11 is 0. The van der Waals surface area contributed by atoms with Gasteiger partial charge in [-0.2, -0.15) is 4.98 Å². The molecule has 1 aliphatic rings. The van der Waals surface area contributed by atoms with Gasteiger partial charge in [0, 0.05) is 12.6 Å². The van der Waals surface area contributed by atoms with E-state index in [-0.39, 0.29) is 12.4 Å². The third kappa shape index (κ3) is 3.69. The summed E-state index contributed by atoms with van der Waals surface area (Å²) in [6, 6.07) is 7.24. The highest BCUT2D eigenvalue weighted by atomic mass is 19.1. The van der Waals surface area contributed by atoms with Gasteiger partial charge in [-0.15, -0.1) is 0 Å². The van der Waals surface area contributed by atoms with Crippen molar-refractivity contribution < 1.29 is 8.91 Å². The first-order chi connectivity index (χ1) is 10.7. The van der Waals surface area contributed by atoms with Gasteiger partial charge in [-0.05, 0) is 30.5 Å². The third-order valence-corrected chi connectivity index (χ3v) is 4.15. The highest BCUT2D eigenvalue weighted by Crippen LogP contribution is 2.26. The van der Waals surface area contributed by atoms with Crippen molar-refractivity contribution in [2.45, 2.75) is 51.4 Å². The van der Waals surface area contributed by atoms with Crippen molar-refractivity contribution in [3.63, 3.8) is 0 Å². The summed E-state index contributed by atoms with van der Waals surface area (Å²) in [5.74, 6) is 0.893. The number of halogens is 1. The fourth-order valence-corrected chi connectivity index (χ4v) is 3.07. The highest BCUT2D eigenvalue weighted by molar-refractivity contribution is 5.16. The minimum Gasteiger partial charge on any atom is -0.338 e. The zero-order valence-corrected chi connectivity index (χ0v) is 12.5. The Morgan fingerprint density at radius 1 is 1.27 bits per heavy atom. The lowest BCUT2D eigenvalue weighted by Crippen LogP contribution is -2.32. The molecule has 2 aromatic rings. The lowest BCUT2D eigenvalue weighted by Gasteiger charge is -2.27. The van der Waals surface area contributed by atoms with Gasteiger partial charge in [0.25, 0.3) is 0 Å². The van der Waals surface area contributed by atoms with Crippen LogP contribution < -0.4 is 5.73 Å². The Bertz CT molecular complexity index is 610. The summed E-state index contributed by atoms with van der Waals surface area (Å²) in [5, 5.41) is 3.98. The number of nitrogens with zero attached hydrogens (tertiary/aromatic N) is 3. The Kier molecular flexibility index (Phi) is 4.80. The molecule has 0 bridgehead atoms. The van der Waals surface area contributed by atoms with Gasteiger partial charge in [0.1, 0.15) is 5.82 Å². The smallest absolute Gasteiger partial charge is 0.240 e. The van der Waals surface area contributed by atoms with Crippen molar-refractivity contribution in [3.8, 4) is 0 Å². The van der Waals surface area contributed by atoms with E-state index < -0.39 is 0 Å². The van der Waals surface area contributed by atoms with Crippen LogP contribution in [-0.4, -0.2) is 21.1 Å². The van der Waals surface area contributed by atoms with E-state index in [9.17, 15) is 4.39 Å². The second-order valence-electron chi connectivity index (χ2n) is 5.78. The maximum atomic E-state index is 13.4. The molecule has 1 heterocycles. The Morgan fingerprint density at radius 2 is 2.09 bits per heavy atom. The third-order valence-electron chi connectivity index (χ3n) is 4.15. The number of hydrogen-bond donors (Lipinski definition) is 1. The first kappa shape index (κ1) is 15.1. The van der Waals surface area contributed by atoms with Crippen LogP contribution >= 0.6 is 0 Å². The Hall–Kier alpha value is -1.79. The standard InChI is InChI=1S/C16H21FN4O/c17-13-5-3-4-12(8-13)10-21(14-6-1-2-7-14)11-15-19-16(9-18)22-20-15/h3-5,8,14H,1-2,6-7,9-11,18H2. The highest BCUT2D eigenvalue weighted by Gasteiger charge is 2.24. The first-order valence-electron chi connectivity index (χ1n) is 7.74. The molecule has 22 heavy (non-hydrogen) atoms. The SMILES string of the molecule is NCc1nc(CN(Cc2cccc(F)c2)C2CCCC2)no1. The number of nitrogens with two attached hydrogens (primary N) is 1. The van der Waals surface area contributed by atoms with Crippen LogP contribution in [0, 0.1) is 5.82 Å². The summed E-state index contributed by atoms with van der Waals surface area (Å²) in [4.78, 5) is 6.59. The van der Waals surface area contributed by atoms with Crippen molar-refractivity contribution in [2.24, 2.45) is 5.73 Å². The molecule has 0 saturated heterocycles. The molecular formula is C16H21FN4O. The molecule has 0 atom stereocenters. The Morgan fingerprint density at radius 3 is 2.77 bits per heavy atom. The Balaban J connectivity index is 1.74. The second-order valence-corrected chi connectivity index (χ2v) is 5.78. The molecular weight excluding hydrogens is 283 g/mol. The summed E-state index contributed by atoms with van der Waals surface area (Å²) in [5.41, 5.74) is 6.47. The molecule has 1 aromatic heterocycles. The largest absolute Gasteiger partial charge is 0.338 e. The predicted molar refractivity (Wildman–Crippen MR) is 80.1 cm³/mol. The van der Waals surface area contributed by atoms with Gasteiger partial charge in [0.2, 0.25) is 5.89 Å². The number of aromatic nitrogens is 2. The molecule has 0 aliphatic heterocycles. The van der Waals surface area contributed by atoms with Crippen LogP contribution in [0.3, 0.4) is 0 Å². The van der Waals surface area contributed by atoms with Crippen molar-refractivity contribution in [3.05, 3.63) is 47.4 Å². The number of benzene rings is 1. The lowest BCUT2D eigenvalue weighted by molar-refractivity contribution is 0.173. The average molecular weight is 304 g/mol. The van der Waals surface area contributed by atoms with Crippen molar-refractivity contribution in [2.75, 3.05) is 0 Å².